The third kappa shape index (κ3) is 3.98. The summed E-state index contributed by atoms with van der Waals surface area (Å²) in [5, 5.41) is 12.6. The molecular weight excluding hydrogens is 336 g/mol. The molecule has 0 radical (unpaired) electrons. The molecular formula is C23H26N2O2. The van der Waals surface area contributed by atoms with Crippen LogP contribution in [0, 0.1) is 11.3 Å². The summed E-state index contributed by atoms with van der Waals surface area (Å²) in [7, 11) is 0. The minimum absolute atomic E-state index is 0.0294. The molecule has 0 heterocycles. The van der Waals surface area contributed by atoms with Crippen LogP contribution in [-0.4, -0.2) is 12.0 Å². The molecule has 1 aliphatic carbocycles. The summed E-state index contributed by atoms with van der Waals surface area (Å²) in [6.45, 7) is 4.04. The number of nitriles is 1. The van der Waals surface area contributed by atoms with Gasteiger partial charge in [0, 0.05) is 6.07 Å². The van der Waals surface area contributed by atoms with E-state index in [0.717, 1.165) is 37.7 Å². The lowest BCUT2D eigenvalue weighted by Gasteiger charge is -2.28. The van der Waals surface area contributed by atoms with Crippen LogP contribution >= 0.6 is 0 Å². The van der Waals surface area contributed by atoms with Gasteiger partial charge in [0.15, 0.2) is 0 Å². The van der Waals surface area contributed by atoms with Gasteiger partial charge in [-0.2, -0.15) is 5.26 Å². The maximum atomic E-state index is 13.3. The van der Waals surface area contributed by atoms with Crippen LogP contribution in [0.15, 0.2) is 48.5 Å². The predicted molar refractivity (Wildman–Crippen MR) is 107 cm³/mol. The Labute approximate surface area is 161 Å². The summed E-state index contributed by atoms with van der Waals surface area (Å²) < 4.78 is 5.79. The lowest BCUT2D eigenvalue weighted by atomic mass is 9.78. The first kappa shape index (κ1) is 19.0. The fourth-order valence-electron chi connectivity index (χ4n) is 3.74. The molecule has 27 heavy (non-hydrogen) atoms. The zero-order chi connectivity index (χ0) is 19.3. The number of nitrogens with one attached hydrogen (secondary N) is 1. The summed E-state index contributed by atoms with van der Waals surface area (Å²) in [6, 6.07) is 17.4. The second kappa shape index (κ2) is 8.26. The second-order valence-corrected chi connectivity index (χ2v) is 7.27. The average molecular weight is 362 g/mol. The van der Waals surface area contributed by atoms with Crippen molar-refractivity contribution in [2.75, 3.05) is 5.32 Å². The number of benzene rings is 2. The Morgan fingerprint density at radius 2 is 1.93 bits per heavy atom. The first-order chi connectivity index (χ1) is 13.1. The Bertz CT molecular complexity index is 833. The van der Waals surface area contributed by atoms with E-state index in [9.17, 15) is 10.1 Å². The van der Waals surface area contributed by atoms with Gasteiger partial charge in [-0.1, -0.05) is 50.1 Å². The summed E-state index contributed by atoms with van der Waals surface area (Å²) >= 11 is 0. The molecule has 0 spiro atoms. The van der Waals surface area contributed by atoms with Gasteiger partial charge >= 0.3 is 0 Å². The molecule has 1 aliphatic rings. The molecule has 2 aromatic carbocycles. The third-order valence-corrected chi connectivity index (χ3v) is 5.49. The highest BCUT2D eigenvalue weighted by atomic mass is 16.5. The number of nitrogens with zero attached hydrogens (tertiary/aromatic N) is 1. The molecule has 1 saturated carbocycles. The molecule has 4 nitrogen and oxygen atoms in total. The van der Waals surface area contributed by atoms with Crippen molar-refractivity contribution in [2.45, 2.75) is 57.5 Å². The van der Waals surface area contributed by atoms with Crippen molar-refractivity contribution < 1.29 is 9.53 Å². The average Bonchev–Trinajstić information content (AvgIpc) is 3.21. The van der Waals surface area contributed by atoms with Crippen molar-refractivity contribution in [1.29, 1.82) is 5.26 Å². The molecule has 0 saturated heterocycles. The van der Waals surface area contributed by atoms with Crippen LogP contribution in [0.3, 0.4) is 0 Å². The Morgan fingerprint density at radius 3 is 2.56 bits per heavy atom. The van der Waals surface area contributed by atoms with Crippen LogP contribution in [-0.2, 0) is 10.2 Å². The number of ether oxygens (including phenoxy) is 1. The van der Waals surface area contributed by atoms with Gasteiger partial charge in [-0.3, -0.25) is 4.79 Å². The molecule has 1 fully saturated rings. The van der Waals surface area contributed by atoms with E-state index in [-0.39, 0.29) is 12.0 Å². The molecule has 0 aliphatic heterocycles. The summed E-state index contributed by atoms with van der Waals surface area (Å²) in [4.78, 5) is 13.3. The van der Waals surface area contributed by atoms with E-state index in [1.807, 2.05) is 43.3 Å². The predicted octanol–water partition coefficient (Wildman–Crippen LogP) is 5.19. The standard InChI is InChI=1S/C23H26N2O2/c1-3-17(2)27-20-11-12-21(18(15-20)16-24)25-22(26)23(13-7-8-14-23)19-9-5-4-6-10-19/h4-6,9-12,15,17H,3,7-8,13-14H2,1-2H3,(H,25,26)/t17-/m1/s1. The van der Waals surface area contributed by atoms with Crippen molar-refractivity contribution in [3.63, 3.8) is 0 Å². The zero-order valence-corrected chi connectivity index (χ0v) is 16.0. The number of carbonyl (C=O) groups excluding carboxylic acids is 1. The molecule has 0 bridgehead atoms. The maximum Gasteiger partial charge on any atom is 0.235 e. The Balaban J connectivity index is 1.85. The quantitative estimate of drug-likeness (QED) is 0.769. The highest BCUT2D eigenvalue weighted by Crippen LogP contribution is 2.42. The van der Waals surface area contributed by atoms with Crippen LogP contribution in [0.5, 0.6) is 5.75 Å². The van der Waals surface area contributed by atoms with E-state index in [2.05, 4.69) is 18.3 Å². The first-order valence-corrected chi connectivity index (χ1v) is 9.67. The Kier molecular flexibility index (Phi) is 5.81. The fraction of sp³-hybridized carbons (Fsp3) is 0.391. The number of hydrogen-bond acceptors (Lipinski definition) is 3. The van der Waals surface area contributed by atoms with Crippen molar-refractivity contribution in [2.24, 2.45) is 0 Å². The van der Waals surface area contributed by atoms with Crippen molar-refractivity contribution in [3.8, 4) is 11.8 Å². The summed E-state index contributed by atoms with van der Waals surface area (Å²) in [5.74, 6) is 0.621. The zero-order valence-electron chi connectivity index (χ0n) is 16.0. The second-order valence-electron chi connectivity index (χ2n) is 7.27. The minimum atomic E-state index is -0.514. The van der Waals surface area contributed by atoms with Gasteiger partial charge in [0.2, 0.25) is 5.91 Å². The number of rotatable bonds is 6. The molecule has 2 aromatic rings. The van der Waals surface area contributed by atoms with E-state index < -0.39 is 5.41 Å². The van der Waals surface area contributed by atoms with Gasteiger partial charge < -0.3 is 10.1 Å². The highest BCUT2D eigenvalue weighted by molar-refractivity contribution is 6.00. The molecule has 3 rings (SSSR count). The molecule has 1 atom stereocenters. The van der Waals surface area contributed by atoms with Gasteiger partial charge in [-0.25, -0.2) is 0 Å². The van der Waals surface area contributed by atoms with Crippen LogP contribution < -0.4 is 10.1 Å². The van der Waals surface area contributed by atoms with E-state index in [1.165, 1.54) is 0 Å². The van der Waals surface area contributed by atoms with Gasteiger partial charge in [-0.15, -0.1) is 0 Å². The lowest BCUT2D eigenvalue weighted by Crippen LogP contribution is -2.38. The van der Waals surface area contributed by atoms with Crippen LogP contribution in [0.25, 0.3) is 0 Å². The molecule has 4 heteroatoms. The number of hydrogen-bond donors (Lipinski definition) is 1. The Morgan fingerprint density at radius 1 is 1.22 bits per heavy atom. The van der Waals surface area contributed by atoms with E-state index >= 15 is 0 Å². The number of anilines is 1. The van der Waals surface area contributed by atoms with Gasteiger partial charge in [0.25, 0.3) is 0 Å². The maximum absolute atomic E-state index is 13.3. The lowest BCUT2D eigenvalue weighted by molar-refractivity contribution is -0.121. The van der Waals surface area contributed by atoms with Crippen LogP contribution in [0.4, 0.5) is 5.69 Å². The monoisotopic (exact) mass is 362 g/mol. The topological polar surface area (TPSA) is 62.1 Å². The molecule has 0 aromatic heterocycles. The van der Waals surface area contributed by atoms with Crippen molar-refractivity contribution in [1.82, 2.24) is 0 Å². The van der Waals surface area contributed by atoms with Gasteiger partial charge in [0.05, 0.1) is 22.8 Å². The Hall–Kier alpha value is -2.80. The smallest absolute Gasteiger partial charge is 0.235 e. The van der Waals surface area contributed by atoms with Crippen molar-refractivity contribution in [3.05, 3.63) is 59.7 Å². The van der Waals surface area contributed by atoms with Crippen LogP contribution in [0.2, 0.25) is 0 Å². The van der Waals surface area contributed by atoms with E-state index in [1.54, 1.807) is 12.1 Å². The first-order valence-electron chi connectivity index (χ1n) is 9.67. The van der Waals surface area contributed by atoms with Crippen molar-refractivity contribution >= 4 is 11.6 Å². The van der Waals surface area contributed by atoms with Gasteiger partial charge in [0.1, 0.15) is 11.8 Å². The summed E-state index contributed by atoms with van der Waals surface area (Å²) in [5.41, 5.74) is 1.50. The largest absolute Gasteiger partial charge is 0.491 e. The molecule has 1 amide bonds. The fourth-order valence-corrected chi connectivity index (χ4v) is 3.74. The third-order valence-electron chi connectivity index (χ3n) is 5.49. The molecule has 0 unspecified atom stereocenters. The minimum Gasteiger partial charge on any atom is -0.491 e. The highest BCUT2D eigenvalue weighted by Gasteiger charge is 2.42. The number of carbonyl (C=O) groups is 1. The van der Waals surface area contributed by atoms with Gasteiger partial charge in [-0.05, 0) is 43.9 Å². The SMILES string of the molecule is CC[C@@H](C)Oc1ccc(NC(=O)C2(c3ccccc3)CCCC2)c(C#N)c1. The number of amides is 1. The normalized spacial score (nSPS) is 16.3. The molecule has 1 N–H and O–H groups in total. The van der Waals surface area contributed by atoms with E-state index in [0.29, 0.717) is 17.0 Å². The molecule has 140 valence electrons. The van der Waals surface area contributed by atoms with E-state index in [4.69, 9.17) is 4.74 Å². The van der Waals surface area contributed by atoms with Crippen LogP contribution in [0.1, 0.15) is 57.1 Å². The summed E-state index contributed by atoms with van der Waals surface area (Å²) in [6.07, 6.45) is 4.71.